The number of alkyl halides is 1. The normalized spacial score (nSPS) is 31.8. The van der Waals surface area contributed by atoms with Gasteiger partial charge in [-0.3, -0.25) is 14.5 Å². The molecule has 2 atom stereocenters. The minimum atomic E-state index is -3.61. The summed E-state index contributed by atoms with van der Waals surface area (Å²) in [5.41, 5.74) is -0.134. The first-order valence-corrected chi connectivity index (χ1v) is 8.92. The van der Waals surface area contributed by atoms with E-state index in [2.05, 4.69) is 15.9 Å². The highest BCUT2D eigenvalue weighted by molar-refractivity contribution is 9.10. The van der Waals surface area contributed by atoms with Gasteiger partial charge in [0, 0.05) is 12.5 Å². The Bertz CT molecular complexity index is 661. The van der Waals surface area contributed by atoms with Crippen molar-refractivity contribution in [3.05, 3.63) is 11.3 Å². The molecule has 0 aromatic carbocycles. The number of hydrogen-bond donors (Lipinski definition) is 0. The minimum absolute atomic E-state index is 0.180. The maximum atomic E-state index is 12.6. The van der Waals surface area contributed by atoms with Crippen LogP contribution < -0.4 is 0 Å². The second-order valence-corrected chi connectivity index (χ2v) is 9.63. The predicted octanol–water partition coefficient (Wildman–Crippen LogP) is 1.21. The van der Waals surface area contributed by atoms with E-state index in [1.165, 1.54) is 7.11 Å². The van der Waals surface area contributed by atoms with Crippen LogP contribution >= 0.6 is 15.9 Å². The van der Waals surface area contributed by atoms with Crippen LogP contribution in [-0.2, 0) is 24.2 Å². The van der Waals surface area contributed by atoms with Crippen molar-refractivity contribution in [1.82, 2.24) is 4.90 Å². The Kier molecular flexibility index (Phi) is 3.67. The van der Waals surface area contributed by atoms with Crippen LogP contribution in [0.5, 0.6) is 0 Å². The highest BCUT2D eigenvalue weighted by atomic mass is 79.9. The van der Waals surface area contributed by atoms with Crippen LogP contribution in [0.2, 0.25) is 0 Å². The first-order valence-electron chi connectivity index (χ1n) is 6.41. The van der Waals surface area contributed by atoms with Gasteiger partial charge in [0.2, 0.25) is 4.51 Å². The molecule has 0 aliphatic carbocycles. The molecule has 0 saturated carbocycles. The van der Waals surface area contributed by atoms with Crippen LogP contribution in [0.3, 0.4) is 0 Å². The average molecular weight is 380 g/mol. The summed E-state index contributed by atoms with van der Waals surface area (Å²) in [6.07, 6.45) is 0. The quantitative estimate of drug-likeness (QED) is 0.532. The first-order chi connectivity index (χ1) is 9.38. The molecule has 0 bridgehead atoms. The van der Waals surface area contributed by atoms with E-state index in [1.807, 2.05) is 0 Å². The Hall–Kier alpha value is -0.730. The number of carbonyl (C=O) groups excluding carboxylic acids is 2. The highest BCUT2D eigenvalue weighted by Crippen LogP contribution is 2.49. The van der Waals surface area contributed by atoms with Crippen LogP contribution in [0.25, 0.3) is 0 Å². The summed E-state index contributed by atoms with van der Waals surface area (Å²) in [6, 6.07) is 0. The lowest BCUT2D eigenvalue weighted by Crippen LogP contribution is -2.76. The Morgan fingerprint density at radius 3 is 2.38 bits per heavy atom. The van der Waals surface area contributed by atoms with Gasteiger partial charge in [-0.15, -0.1) is 0 Å². The molecule has 118 valence electrons. The van der Waals surface area contributed by atoms with Crippen LogP contribution in [-0.4, -0.2) is 47.8 Å². The van der Waals surface area contributed by atoms with Crippen LogP contribution in [0, 0.1) is 5.41 Å². The number of nitrogens with zero attached hydrogens (tertiary/aromatic N) is 1. The number of halogens is 1. The van der Waals surface area contributed by atoms with E-state index in [0.717, 1.165) is 4.90 Å². The van der Waals surface area contributed by atoms with E-state index in [4.69, 9.17) is 4.74 Å². The van der Waals surface area contributed by atoms with Gasteiger partial charge < -0.3 is 4.74 Å². The smallest absolute Gasteiger partial charge is 0.275 e. The number of carbonyl (C=O) groups is 2. The molecule has 1 saturated heterocycles. The molecule has 2 rings (SSSR count). The molecule has 1 amide bonds. The summed E-state index contributed by atoms with van der Waals surface area (Å²) in [5, 5.41) is -1.20. The maximum Gasteiger partial charge on any atom is 0.275 e. The molecule has 1 fully saturated rings. The van der Waals surface area contributed by atoms with Gasteiger partial charge in [-0.25, -0.2) is 8.42 Å². The first kappa shape index (κ1) is 16.6. The number of methoxy groups -OCH3 is 1. The highest BCUT2D eigenvalue weighted by Gasteiger charge is 2.69. The number of β-lactam (4-membered cyclic amide) rings is 1. The second-order valence-electron chi connectivity index (χ2n) is 6.39. The topological polar surface area (TPSA) is 80.8 Å². The zero-order chi connectivity index (χ0) is 16.4. The van der Waals surface area contributed by atoms with Crippen molar-refractivity contribution in [1.29, 1.82) is 0 Å². The van der Waals surface area contributed by atoms with E-state index >= 15 is 0 Å². The van der Waals surface area contributed by atoms with E-state index in [9.17, 15) is 18.0 Å². The molecular weight excluding hydrogens is 362 g/mol. The summed E-state index contributed by atoms with van der Waals surface area (Å²) in [7, 11) is -2.35. The summed E-state index contributed by atoms with van der Waals surface area (Å²) < 4.78 is 28.1. The van der Waals surface area contributed by atoms with Gasteiger partial charge in [0.05, 0.1) is 11.4 Å². The monoisotopic (exact) mass is 379 g/mol. The van der Waals surface area contributed by atoms with Crippen LogP contribution in [0.4, 0.5) is 0 Å². The lowest BCUT2D eigenvalue weighted by Gasteiger charge is -2.53. The minimum Gasteiger partial charge on any atom is -0.355 e. The van der Waals surface area contributed by atoms with Gasteiger partial charge in [-0.1, -0.05) is 20.8 Å². The molecule has 0 N–H and O–H groups in total. The van der Waals surface area contributed by atoms with Crippen molar-refractivity contribution in [3.63, 3.8) is 0 Å². The van der Waals surface area contributed by atoms with Gasteiger partial charge in [0.15, 0.2) is 21.0 Å². The number of fused-ring (bicyclic) bond motifs is 1. The van der Waals surface area contributed by atoms with Crippen LogP contribution in [0.15, 0.2) is 11.3 Å². The number of rotatable bonds is 2. The standard InChI is InChI=1S/C13H18BrNO5S/c1-7-6-21(18,19)11-13(14,20-5)10(17)15(11)8(7)9(16)12(2,3)4/h11H,6H2,1-5H3/t11-,13-/m0/s1. The molecular formula is C13H18BrNO5S. The fourth-order valence-corrected chi connectivity index (χ4v) is 5.92. The van der Waals surface area contributed by atoms with Gasteiger partial charge in [0.25, 0.3) is 5.91 Å². The van der Waals surface area contributed by atoms with Gasteiger partial charge >= 0.3 is 0 Å². The summed E-state index contributed by atoms with van der Waals surface area (Å²) in [5.74, 6) is -1.07. The number of hydrogen-bond acceptors (Lipinski definition) is 5. The molecule has 0 radical (unpaired) electrons. The number of amides is 1. The number of sulfone groups is 1. The Morgan fingerprint density at radius 2 is 1.95 bits per heavy atom. The average Bonchev–Trinajstić information content (AvgIpc) is 2.33. The SMILES string of the molecule is CO[C@@]1(Br)C(=O)N2C(C(=O)C(C)(C)C)=C(C)CS(=O)(=O)[C@H]21. The fraction of sp³-hybridized carbons (Fsp3) is 0.692. The molecule has 8 heteroatoms. The summed E-state index contributed by atoms with van der Waals surface area (Å²) in [6.45, 7) is 6.77. The second kappa shape index (κ2) is 4.63. The zero-order valence-corrected chi connectivity index (χ0v) is 15.0. The van der Waals surface area contributed by atoms with Crippen molar-refractivity contribution in [3.8, 4) is 0 Å². The number of allylic oxidation sites excluding steroid dienone is 1. The third-order valence-electron chi connectivity index (χ3n) is 3.66. The van der Waals surface area contributed by atoms with Crippen molar-refractivity contribution < 1.29 is 22.7 Å². The third-order valence-corrected chi connectivity index (χ3v) is 7.12. The molecule has 6 nitrogen and oxygen atoms in total. The molecule has 2 heterocycles. The van der Waals surface area contributed by atoms with E-state index < -0.39 is 31.0 Å². The summed E-state index contributed by atoms with van der Waals surface area (Å²) in [4.78, 5) is 26.0. The van der Waals surface area contributed by atoms with Gasteiger partial charge in [-0.2, -0.15) is 0 Å². The molecule has 0 unspecified atom stereocenters. The van der Waals surface area contributed by atoms with Gasteiger partial charge in [-0.05, 0) is 28.4 Å². The maximum absolute atomic E-state index is 12.6. The Morgan fingerprint density at radius 1 is 1.43 bits per heavy atom. The largest absolute Gasteiger partial charge is 0.355 e. The third kappa shape index (κ3) is 2.19. The molecule has 2 aliphatic rings. The van der Waals surface area contributed by atoms with Crippen molar-refractivity contribution in [2.24, 2.45) is 5.41 Å². The Balaban J connectivity index is 2.60. The Labute approximate surface area is 132 Å². The summed E-state index contributed by atoms with van der Waals surface area (Å²) >= 11 is 3.07. The molecule has 2 aliphatic heterocycles. The van der Waals surface area contributed by atoms with Crippen molar-refractivity contribution >= 4 is 37.5 Å². The zero-order valence-electron chi connectivity index (χ0n) is 12.6. The molecule has 0 aromatic rings. The van der Waals surface area contributed by atoms with Gasteiger partial charge in [0.1, 0.15) is 0 Å². The number of Topliss-reactive ketones (excluding diaryl/α,β-unsaturated/α-hetero) is 1. The molecule has 0 spiro atoms. The lowest BCUT2D eigenvalue weighted by atomic mass is 9.86. The van der Waals surface area contributed by atoms with Crippen LogP contribution in [0.1, 0.15) is 27.7 Å². The van der Waals surface area contributed by atoms with E-state index in [0.29, 0.717) is 5.57 Å². The molecule has 0 aromatic heterocycles. The predicted molar refractivity (Wildman–Crippen MR) is 80.2 cm³/mol. The lowest BCUT2D eigenvalue weighted by molar-refractivity contribution is -0.165. The number of ether oxygens (including phenoxy) is 1. The van der Waals surface area contributed by atoms with Crippen molar-refractivity contribution in [2.75, 3.05) is 12.9 Å². The van der Waals surface area contributed by atoms with E-state index in [1.54, 1.807) is 27.7 Å². The van der Waals surface area contributed by atoms with Crippen molar-refractivity contribution in [2.45, 2.75) is 37.6 Å². The van der Waals surface area contributed by atoms with E-state index in [-0.39, 0.29) is 17.2 Å². The molecule has 21 heavy (non-hydrogen) atoms. The number of ketones is 1. The fourth-order valence-electron chi connectivity index (χ4n) is 2.59.